The number of nitrogens with zero attached hydrogens (tertiary/aromatic N) is 3. The molecule has 3 rings (SSSR count). The third kappa shape index (κ3) is 4.37. The van der Waals surface area contributed by atoms with E-state index >= 15 is 0 Å². The van der Waals surface area contributed by atoms with Crippen molar-refractivity contribution >= 4 is 10.0 Å². The predicted octanol–water partition coefficient (Wildman–Crippen LogP) is 3.30. The van der Waals surface area contributed by atoms with E-state index in [2.05, 4.69) is 5.10 Å². The van der Waals surface area contributed by atoms with E-state index in [1.807, 2.05) is 48.0 Å². The molecule has 0 radical (unpaired) electrons. The van der Waals surface area contributed by atoms with Crippen molar-refractivity contribution in [3.05, 3.63) is 78.1 Å². The molecule has 0 aliphatic rings. The van der Waals surface area contributed by atoms with Gasteiger partial charge in [0, 0.05) is 19.3 Å². The van der Waals surface area contributed by atoms with Gasteiger partial charge in [-0.3, -0.25) is 4.68 Å². The average molecular weight is 385 g/mol. The molecule has 0 spiro atoms. The summed E-state index contributed by atoms with van der Waals surface area (Å²) in [5.41, 5.74) is 1.78. The lowest BCUT2D eigenvalue weighted by Crippen LogP contribution is -2.31. The largest absolute Gasteiger partial charge is 0.497 e. The Morgan fingerprint density at radius 2 is 1.70 bits per heavy atom. The van der Waals surface area contributed by atoms with Crippen LogP contribution in [0.25, 0.3) is 0 Å². The molecular weight excluding hydrogens is 362 g/mol. The highest BCUT2D eigenvalue weighted by Gasteiger charge is 2.26. The zero-order chi connectivity index (χ0) is 19.3. The van der Waals surface area contributed by atoms with Gasteiger partial charge >= 0.3 is 0 Å². The zero-order valence-corrected chi connectivity index (χ0v) is 16.3. The van der Waals surface area contributed by atoms with Gasteiger partial charge in [-0.05, 0) is 42.8 Å². The van der Waals surface area contributed by atoms with E-state index in [4.69, 9.17) is 4.74 Å². The van der Waals surface area contributed by atoms with Gasteiger partial charge in [0.1, 0.15) is 5.75 Å². The SMILES string of the molecule is CCn1nccc1CN(Cc1ccccc1)S(=O)(=O)c1ccc(OC)cc1. The van der Waals surface area contributed by atoms with Crippen LogP contribution in [0.3, 0.4) is 0 Å². The standard InChI is InChI=1S/C20H23N3O3S/c1-3-23-18(13-14-21-23)16-22(15-17-7-5-4-6-8-17)27(24,25)20-11-9-19(26-2)10-12-20/h4-14H,3,15-16H2,1-2H3. The Morgan fingerprint density at radius 3 is 2.33 bits per heavy atom. The summed E-state index contributed by atoms with van der Waals surface area (Å²) in [6, 6.07) is 17.9. The first-order chi connectivity index (χ1) is 13.0. The average Bonchev–Trinajstić information content (AvgIpc) is 3.15. The van der Waals surface area contributed by atoms with Crippen LogP contribution in [0.4, 0.5) is 0 Å². The molecule has 0 N–H and O–H groups in total. The summed E-state index contributed by atoms with van der Waals surface area (Å²) in [6.45, 7) is 3.20. The smallest absolute Gasteiger partial charge is 0.243 e. The highest BCUT2D eigenvalue weighted by molar-refractivity contribution is 7.89. The maximum absolute atomic E-state index is 13.3. The van der Waals surface area contributed by atoms with Crippen molar-refractivity contribution in [3.63, 3.8) is 0 Å². The van der Waals surface area contributed by atoms with E-state index in [-0.39, 0.29) is 18.0 Å². The van der Waals surface area contributed by atoms with Gasteiger partial charge in [-0.25, -0.2) is 8.42 Å². The molecular formula is C20H23N3O3S. The molecule has 0 aliphatic carbocycles. The van der Waals surface area contributed by atoms with Crippen LogP contribution in [-0.2, 0) is 29.7 Å². The lowest BCUT2D eigenvalue weighted by Gasteiger charge is -2.23. The summed E-state index contributed by atoms with van der Waals surface area (Å²) in [5.74, 6) is 0.618. The predicted molar refractivity (Wildman–Crippen MR) is 104 cm³/mol. The number of aromatic nitrogens is 2. The first kappa shape index (κ1) is 19.1. The number of rotatable bonds is 8. The molecule has 1 aromatic heterocycles. The maximum atomic E-state index is 13.3. The van der Waals surface area contributed by atoms with E-state index in [0.29, 0.717) is 12.3 Å². The van der Waals surface area contributed by atoms with Gasteiger partial charge in [-0.2, -0.15) is 9.40 Å². The Morgan fingerprint density at radius 1 is 1.00 bits per heavy atom. The molecule has 0 atom stereocenters. The molecule has 0 saturated carbocycles. The van der Waals surface area contributed by atoms with Crippen molar-refractivity contribution in [1.29, 1.82) is 0 Å². The van der Waals surface area contributed by atoms with Crippen molar-refractivity contribution in [2.24, 2.45) is 0 Å². The van der Waals surface area contributed by atoms with Crippen LogP contribution in [0.15, 0.2) is 71.8 Å². The van der Waals surface area contributed by atoms with Gasteiger partial charge in [0.05, 0.1) is 24.2 Å². The van der Waals surface area contributed by atoms with Crippen LogP contribution in [0.1, 0.15) is 18.2 Å². The minimum Gasteiger partial charge on any atom is -0.497 e. The third-order valence-electron chi connectivity index (χ3n) is 4.34. The van der Waals surface area contributed by atoms with Crippen LogP contribution in [0.5, 0.6) is 5.75 Å². The minimum atomic E-state index is -3.69. The number of hydrogen-bond acceptors (Lipinski definition) is 4. The Kier molecular flexibility index (Phi) is 5.93. The summed E-state index contributed by atoms with van der Waals surface area (Å²) in [5, 5.41) is 4.25. The molecule has 0 bridgehead atoms. The molecule has 142 valence electrons. The molecule has 0 aliphatic heterocycles. The fourth-order valence-electron chi connectivity index (χ4n) is 2.87. The Labute approximate surface area is 160 Å². The number of sulfonamides is 1. The van der Waals surface area contributed by atoms with Crippen molar-refractivity contribution < 1.29 is 13.2 Å². The number of benzene rings is 2. The van der Waals surface area contributed by atoms with Crippen molar-refractivity contribution in [1.82, 2.24) is 14.1 Å². The first-order valence-corrected chi connectivity index (χ1v) is 10.2. The molecule has 6 nitrogen and oxygen atoms in total. The van der Waals surface area contributed by atoms with E-state index in [1.54, 1.807) is 37.6 Å². The molecule has 0 saturated heterocycles. The number of methoxy groups -OCH3 is 1. The van der Waals surface area contributed by atoms with E-state index in [0.717, 1.165) is 11.3 Å². The molecule has 0 unspecified atom stereocenters. The monoisotopic (exact) mass is 385 g/mol. The molecule has 2 aromatic carbocycles. The summed E-state index contributed by atoms with van der Waals surface area (Å²) < 4.78 is 35.1. The highest BCUT2D eigenvalue weighted by atomic mass is 32.2. The second-order valence-electron chi connectivity index (χ2n) is 6.07. The zero-order valence-electron chi connectivity index (χ0n) is 15.4. The van der Waals surface area contributed by atoms with Crippen molar-refractivity contribution in [2.45, 2.75) is 31.5 Å². The topological polar surface area (TPSA) is 64.4 Å². The molecule has 0 amide bonds. The third-order valence-corrected chi connectivity index (χ3v) is 6.15. The van der Waals surface area contributed by atoms with Crippen LogP contribution in [-0.4, -0.2) is 29.6 Å². The van der Waals surface area contributed by atoms with Gasteiger partial charge in [-0.15, -0.1) is 0 Å². The molecule has 27 heavy (non-hydrogen) atoms. The van der Waals surface area contributed by atoms with Gasteiger partial charge in [0.2, 0.25) is 10.0 Å². The lowest BCUT2D eigenvalue weighted by molar-refractivity contribution is 0.386. The maximum Gasteiger partial charge on any atom is 0.243 e. The minimum absolute atomic E-state index is 0.238. The van der Waals surface area contributed by atoms with Gasteiger partial charge in [0.15, 0.2) is 0 Å². The van der Waals surface area contributed by atoms with Crippen LogP contribution < -0.4 is 4.74 Å². The summed E-state index contributed by atoms with van der Waals surface area (Å²) >= 11 is 0. The molecule has 1 heterocycles. The van der Waals surface area contributed by atoms with E-state index < -0.39 is 10.0 Å². The number of hydrogen-bond donors (Lipinski definition) is 0. The van der Waals surface area contributed by atoms with Crippen LogP contribution >= 0.6 is 0 Å². The Bertz CT molecular complexity index is 967. The fraction of sp³-hybridized carbons (Fsp3) is 0.250. The molecule has 7 heteroatoms. The molecule has 0 fully saturated rings. The van der Waals surface area contributed by atoms with Gasteiger partial charge in [-0.1, -0.05) is 30.3 Å². The van der Waals surface area contributed by atoms with E-state index in [9.17, 15) is 8.42 Å². The quantitative estimate of drug-likeness (QED) is 0.597. The lowest BCUT2D eigenvalue weighted by atomic mass is 10.2. The summed E-state index contributed by atoms with van der Waals surface area (Å²) in [4.78, 5) is 0.238. The van der Waals surface area contributed by atoms with Crippen LogP contribution in [0, 0.1) is 0 Å². The van der Waals surface area contributed by atoms with Gasteiger partial charge < -0.3 is 4.74 Å². The number of ether oxygens (including phenoxy) is 1. The number of aryl methyl sites for hydroxylation is 1. The normalized spacial score (nSPS) is 11.7. The Hall–Kier alpha value is -2.64. The van der Waals surface area contributed by atoms with Crippen LogP contribution in [0.2, 0.25) is 0 Å². The fourth-order valence-corrected chi connectivity index (χ4v) is 4.27. The first-order valence-electron chi connectivity index (χ1n) is 8.73. The second kappa shape index (κ2) is 8.37. The van der Waals surface area contributed by atoms with Crippen molar-refractivity contribution in [2.75, 3.05) is 7.11 Å². The second-order valence-corrected chi connectivity index (χ2v) is 8.01. The highest BCUT2D eigenvalue weighted by Crippen LogP contribution is 2.23. The Balaban J connectivity index is 1.96. The van der Waals surface area contributed by atoms with Crippen molar-refractivity contribution in [3.8, 4) is 5.75 Å². The molecule has 3 aromatic rings. The van der Waals surface area contributed by atoms with E-state index in [1.165, 1.54) is 4.31 Å². The van der Waals surface area contributed by atoms with Gasteiger partial charge in [0.25, 0.3) is 0 Å². The summed E-state index contributed by atoms with van der Waals surface area (Å²) in [6.07, 6.45) is 1.69. The summed E-state index contributed by atoms with van der Waals surface area (Å²) in [7, 11) is -2.14.